The minimum absolute atomic E-state index is 0.296. The number of carbonyl (C=O) groups excluding carboxylic acids is 1. The van der Waals surface area contributed by atoms with Crippen molar-refractivity contribution in [2.75, 3.05) is 5.32 Å². The number of carbonyl (C=O) groups is 1. The number of amides is 1. The van der Waals surface area contributed by atoms with Crippen molar-refractivity contribution in [3.8, 4) is 28.7 Å². The summed E-state index contributed by atoms with van der Waals surface area (Å²) in [4.78, 5) is 12.7. The maximum atomic E-state index is 12.7. The average Bonchev–Trinajstić information content (AvgIpc) is 3.28. The highest BCUT2D eigenvalue weighted by atomic mass is 35.5. The van der Waals surface area contributed by atoms with Gasteiger partial charge in [-0.3, -0.25) is 4.79 Å². The fourth-order valence-corrected chi connectivity index (χ4v) is 3.17. The van der Waals surface area contributed by atoms with Gasteiger partial charge in [-0.05, 0) is 55.8 Å². The van der Waals surface area contributed by atoms with Crippen molar-refractivity contribution < 1.29 is 13.9 Å². The number of anilines is 1. The van der Waals surface area contributed by atoms with E-state index in [0.29, 0.717) is 33.8 Å². The molecule has 1 aromatic heterocycles. The maximum absolute atomic E-state index is 12.7. The fourth-order valence-electron chi connectivity index (χ4n) is 3.00. The Labute approximate surface area is 184 Å². The third-order valence-corrected chi connectivity index (χ3v) is 5.17. The number of ether oxygens (including phenoxy) is 1. The zero-order valence-electron chi connectivity index (χ0n) is 17.0. The van der Waals surface area contributed by atoms with E-state index in [1.165, 1.54) is 0 Å². The molecule has 7 heteroatoms. The smallest absolute Gasteiger partial charge is 0.265 e. The van der Waals surface area contributed by atoms with Crippen LogP contribution in [0.25, 0.3) is 22.9 Å². The van der Waals surface area contributed by atoms with E-state index in [1.807, 2.05) is 55.5 Å². The van der Waals surface area contributed by atoms with Crippen LogP contribution in [0.2, 0.25) is 5.02 Å². The minimum atomic E-state index is -0.768. The summed E-state index contributed by atoms with van der Waals surface area (Å²) in [5.74, 6) is 0.896. The number of para-hydroxylation sites is 1. The van der Waals surface area contributed by atoms with Gasteiger partial charge in [-0.15, -0.1) is 10.2 Å². The Kier molecular flexibility index (Phi) is 6.00. The Balaban J connectivity index is 1.53. The molecule has 4 aromatic rings. The lowest BCUT2D eigenvalue weighted by atomic mass is 10.2. The van der Waals surface area contributed by atoms with Crippen LogP contribution in [0.1, 0.15) is 12.5 Å². The third kappa shape index (κ3) is 4.59. The van der Waals surface area contributed by atoms with Crippen molar-refractivity contribution in [3.63, 3.8) is 0 Å². The molecule has 6 nitrogen and oxygen atoms in total. The van der Waals surface area contributed by atoms with Gasteiger partial charge >= 0.3 is 0 Å². The van der Waals surface area contributed by atoms with Gasteiger partial charge in [0.2, 0.25) is 5.89 Å². The van der Waals surface area contributed by atoms with Crippen LogP contribution in [-0.2, 0) is 4.79 Å². The number of aromatic nitrogens is 2. The zero-order chi connectivity index (χ0) is 21.8. The van der Waals surface area contributed by atoms with Gasteiger partial charge in [0.15, 0.2) is 6.10 Å². The lowest BCUT2D eigenvalue weighted by Gasteiger charge is -2.17. The number of benzene rings is 3. The number of halogens is 1. The van der Waals surface area contributed by atoms with Gasteiger partial charge in [0.05, 0.1) is 5.56 Å². The molecule has 3 aromatic carbocycles. The van der Waals surface area contributed by atoms with Crippen LogP contribution in [0, 0.1) is 6.92 Å². The predicted octanol–water partition coefficient (Wildman–Crippen LogP) is 5.77. The normalized spacial score (nSPS) is 11.7. The van der Waals surface area contributed by atoms with E-state index in [-0.39, 0.29) is 5.91 Å². The lowest BCUT2D eigenvalue weighted by Crippen LogP contribution is -2.30. The number of rotatable bonds is 6. The van der Waals surface area contributed by atoms with E-state index in [2.05, 4.69) is 15.5 Å². The van der Waals surface area contributed by atoms with Gasteiger partial charge < -0.3 is 14.5 Å². The molecule has 0 saturated carbocycles. The first-order valence-corrected chi connectivity index (χ1v) is 10.1. The summed E-state index contributed by atoms with van der Waals surface area (Å²) in [5, 5.41) is 11.7. The Morgan fingerprint density at radius 3 is 2.48 bits per heavy atom. The Morgan fingerprint density at radius 2 is 1.68 bits per heavy atom. The monoisotopic (exact) mass is 433 g/mol. The quantitative estimate of drug-likeness (QED) is 0.417. The molecule has 1 N–H and O–H groups in total. The first kappa shape index (κ1) is 20.6. The standard InChI is InChI=1S/C24H20ClN3O3/c1-15-19(25)12-8-13-20(15)26-22(29)16(2)30-21-14-7-6-11-18(21)24-28-27-23(31-24)17-9-4-3-5-10-17/h3-14,16H,1-2H3,(H,26,29)/t16-/m0/s1. The van der Waals surface area contributed by atoms with Gasteiger partial charge in [-0.2, -0.15) is 0 Å². The average molecular weight is 434 g/mol. The molecule has 1 heterocycles. The summed E-state index contributed by atoms with van der Waals surface area (Å²) < 4.78 is 11.8. The Morgan fingerprint density at radius 1 is 0.968 bits per heavy atom. The number of nitrogens with one attached hydrogen (secondary N) is 1. The van der Waals surface area contributed by atoms with Crippen LogP contribution >= 0.6 is 11.6 Å². The van der Waals surface area contributed by atoms with E-state index < -0.39 is 6.10 Å². The second kappa shape index (κ2) is 9.02. The zero-order valence-corrected chi connectivity index (χ0v) is 17.8. The molecule has 0 radical (unpaired) electrons. The summed E-state index contributed by atoms with van der Waals surface area (Å²) in [7, 11) is 0. The molecule has 0 spiro atoms. The molecular formula is C24H20ClN3O3. The third-order valence-electron chi connectivity index (χ3n) is 4.76. The van der Waals surface area contributed by atoms with E-state index in [0.717, 1.165) is 11.1 Å². The summed E-state index contributed by atoms with van der Waals surface area (Å²) >= 11 is 6.14. The van der Waals surface area contributed by atoms with Crippen molar-refractivity contribution in [2.45, 2.75) is 20.0 Å². The molecule has 1 amide bonds. The number of hydrogen-bond donors (Lipinski definition) is 1. The molecule has 0 aliphatic rings. The number of hydrogen-bond acceptors (Lipinski definition) is 5. The second-order valence-electron chi connectivity index (χ2n) is 6.94. The summed E-state index contributed by atoms with van der Waals surface area (Å²) in [5.41, 5.74) is 2.87. The molecule has 0 fully saturated rings. The van der Waals surface area contributed by atoms with Crippen molar-refractivity contribution in [1.29, 1.82) is 0 Å². The molecular weight excluding hydrogens is 414 g/mol. The van der Waals surface area contributed by atoms with Crippen LogP contribution in [0.3, 0.4) is 0 Å². The summed E-state index contributed by atoms with van der Waals surface area (Å²) in [6, 6.07) is 22.1. The summed E-state index contributed by atoms with van der Waals surface area (Å²) in [6.45, 7) is 3.52. The largest absolute Gasteiger partial charge is 0.480 e. The highest BCUT2D eigenvalue weighted by molar-refractivity contribution is 6.31. The van der Waals surface area contributed by atoms with Gasteiger partial charge in [-0.25, -0.2) is 0 Å². The van der Waals surface area contributed by atoms with Crippen LogP contribution in [0.15, 0.2) is 77.2 Å². The van der Waals surface area contributed by atoms with E-state index >= 15 is 0 Å². The van der Waals surface area contributed by atoms with Crippen molar-refractivity contribution in [1.82, 2.24) is 10.2 Å². The second-order valence-corrected chi connectivity index (χ2v) is 7.34. The molecule has 31 heavy (non-hydrogen) atoms. The molecule has 0 aliphatic carbocycles. The highest BCUT2D eigenvalue weighted by Crippen LogP contribution is 2.32. The van der Waals surface area contributed by atoms with Crippen LogP contribution in [0.4, 0.5) is 5.69 Å². The van der Waals surface area contributed by atoms with Gasteiger partial charge in [0.1, 0.15) is 5.75 Å². The van der Waals surface area contributed by atoms with Gasteiger partial charge in [0, 0.05) is 16.3 Å². The van der Waals surface area contributed by atoms with Gasteiger partial charge in [-0.1, -0.05) is 48.0 Å². The maximum Gasteiger partial charge on any atom is 0.265 e. The minimum Gasteiger partial charge on any atom is -0.480 e. The topological polar surface area (TPSA) is 77.2 Å². The SMILES string of the molecule is Cc1c(Cl)cccc1NC(=O)[C@H](C)Oc1ccccc1-c1nnc(-c2ccccc2)o1. The molecule has 4 rings (SSSR count). The molecule has 0 aliphatic heterocycles. The van der Waals surface area contributed by atoms with Crippen molar-refractivity contribution >= 4 is 23.2 Å². The Bertz CT molecular complexity index is 1210. The first-order chi connectivity index (χ1) is 15.0. The molecule has 156 valence electrons. The highest BCUT2D eigenvalue weighted by Gasteiger charge is 2.20. The fraction of sp³-hybridized carbons (Fsp3) is 0.125. The summed E-state index contributed by atoms with van der Waals surface area (Å²) in [6.07, 6.45) is -0.768. The van der Waals surface area contributed by atoms with E-state index in [4.69, 9.17) is 20.8 Å². The molecule has 0 bridgehead atoms. The molecule has 0 unspecified atom stereocenters. The van der Waals surface area contributed by atoms with Crippen LogP contribution in [0.5, 0.6) is 5.75 Å². The molecule has 1 atom stereocenters. The predicted molar refractivity (Wildman–Crippen MR) is 120 cm³/mol. The van der Waals surface area contributed by atoms with E-state index in [9.17, 15) is 4.79 Å². The first-order valence-electron chi connectivity index (χ1n) is 9.74. The Hall–Kier alpha value is -3.64. The van der Waals surface area contributed by atoms with E-state index in [1.54, 1.807) is 31.2 Å². The number of nitrogens with zero attached hydrogens (tertiary/aromatic N) is 2. The lowest BCUT2D eigenvalue weighted by molar-refractivity contribution is -0.122. The van der Waals surface area contributed by atoms with Crippen LogP contribution in [-0.4, -0.2) is 22.2 Å². The van der Waals surface area contributed by atoms with Crippen molar-refractivity contribution in [2.24, 2.45) is 0 Å². The van der Waals surface area contributed by atoms with Crippen LogP contribution < -0.4 is 10.1 Å². The molecule has 0 saturated heterocycles. The van der Waals surface area contributed by atoms with Crippen molar-refractivity contribution in [3.05, 3.63) is 83.4 Å². The van der Waals surface area contributed by atoms with Gasteiger partial charge in [0.25, 0.3) is 11.8 Å².